The molecule has 0 amide bonds. The van der Waals surface area contributed by atoms with Crippen LogP contribution in [0.3, 0.4) is 0 Å². The molecule has 2 aliphatic rings. The minimum absolute atomic E-state index is 0.224. The highest BCUT2D eigenvalue weighted by Gasteiger charge is 2.27. The summed E-state index contributed by atoms with van der Waals surface area (Å²) in [5, 5.41) is 3.45. The van der Waals surface area contributed by atoms with Gasteiger partial charge in [0.1, 0.15) is 11.9 Å². The van der Waals surface area contributed by atoms with Crippen LogP contribution < -0.4 is 10.1 Å². The zero-order chi connectivity index (χ0) is 13.1. The fourth-order valence-electron chi connectivity index (χ4n) is 2.83. The van der Waals surface area contributed by atoms with Gasteiger partial charge < -0.3 is 14.8 Å². The first-order valence-electron chi connectivity index (χ1n) is 7.18. The Morgan fingerprint density at radius 2 is 2.26 bits per heavy atom. The van der Waals surface area contributed by atoms with E-state index in [-0.39, 0.29) is 6.10 Å². The Bertz CT molecular complexity index is 424. The van der Waals surface area contributed by atoms with Gasteiger partial charge in [-0.2, -0.15) is 0 Å². The fraction of sp³-hybridized carbons (Fsp3) is 0.600. The first kappa shape index (κ1) is 12.8. The van der Waals surface area contributed by atoms with Crippen LogP contribution >= 0.6 is 0 Å². The second-order valence-electron chi connectivity index (χ2n) is 5.25. The number of ether oxygens (including phenoxy) is 2. The number of fused-ring (bicyclic) bond motifs is 1. The topological polar surface area (TPSA) is 33.7 Å². The number of anilines is 1. The summed E-state index contributed by atoms with van der Waals surface area (Å²) in [4.78, 5) is 2.50. The number of hydrogen-bond acceptors (Lipinski definition) is 4. The third kappa shape index (κ3) is 2.85. The molecular formula is C15H22N2O2. The van der Waals surface area contributed by atoms with Crippen LogP contribution in [0.15, 0.2) is 24.3 Å². The summed E-state index contributed by atoms with van der Waals surface area (Å²) in [6, 6.07) is 8.69. The third-order valence-corrected chi connectivity index (χ3v) is 3.96. The molecule has 0 bridgehead atoms. The van der Waals surface area contributed by atoms with Crippen LogP contribution in [-0.4, -0.2) is 49.9 Å². The molecule has 19 heavy (non-hydrogen) atoms. The van der Waals surface area contributed by atoms with E-state index in [2.05, 4.69) is 23.2 Å². The Kier molecular flexibility index (Phi) is 3.89. The van der Waals surface area contributed by atoms with Crippen molar-refractivity contribution in [2.24, 2.45) is 0 Å². The predicted octanol–water partition coefficient (Wildman–Crippen LogP) is 1.97. The number of nitrogens with zero attached hydrogens (tertiary/aromatic N) is 1. The van der Waals surface area contributed by atoms with Crippen molar-refractivity contribution in [2.45, 2.75) is 25.5 Å². The van der Waals surface area contributed by atoms with Crippen LogP contribution in [0.1, 0.15) is 13.3 Å². The van der Waals surface area contributed by atoms with Gasteiger partial charge in [-0.3, -0.25) is 4.90 Å². The van der Waals surface area contributed by atoms with E-state index < -0.39 is 0 Å². The minimum atomic E-state index is 0.224. The number of para-hydroxylation sites is 2. The maximum Gasteiger partial charge on any atom is 0.142 e. The average Bonchev–Trinajstić information content (AvgIpc) is 2.48. The quantitative estimate of drug-likeness (QED) is 0.903. The summed E-state index contributed by atoms with van der Waals surface area (Å²) >= 11 is 0. The van der Waals surface area contributed by atoms with Crippen molar-refractivity contribution in [3.63, 3.8) is 0 Å². The van der Waals surface area contributed by atoms with E-state index in [1.165, 1.54) is 0 Å². The molecule has 0 spiro atoms. The van der Waals surface area contributed by atoms with Gasteiger partial charge in [0, 0.05) is 19.1 Å². The van der Waals surface area contributed by atoms with Crippen LogP contribution in [0, 0.1) is 0 Å². The van der Waals surface area contributed by atoms with Gasteiger partial charge in [-0.15, -0.1) is 0 Å². The lowest BCUT2D eigenvalue weighted by atomic mass is 10.1. The molecule has 0 aromatic heterocycles. The molecule has 0 aliphatic carbocycles. The largest absolute Gasteiger partial charge is 0.485 e. The van der Waals surface area contributed by atoms with Crippen molar-refractivity contribution in [1.29, 1.82) is 0 Å². The Balaban J connectivity index is 1.62. The van der Waals surface area contributed by atoms with E-state index in [1.807, 2.05) is 18.2 Å². The lowest BCUT2D eigenvalue weighted by Crippen LogP contribution is -2.51. The van der Waals surface area contributed by atoms with Gasteiger partial charge in [0.25, 0.3) is 0 Å². The molecule has 1 aromatic rings. The fourth-order valence-corrected chi connectivity index (χ4v) is 2.83. The Labute approximate surface area is 114 Å². The first-order valence-corrected chi connectivity index (χ1v) is 7.18. The molecule has 2 atom stereocenters. The average molecular weight is 262 g/mol. The zero-order valence-corrected chi connectivity index (χ0v) is 11.5. The second kappa shape index (κ2) is 5.80. The van der Waals surface area contributed by atoms with E-state index in [4.69, 9.17) is 9.47 Å². The molecule has 1 aromatic carbocycles. The molecule has 3 rings (SSSR count). The van der Waals surface area contributed by atoms with Crippen LogP contribution in [-0.2, 0) is 4.74 Å². The maximum absolute atomic E-state index is 6.08. The molecule has 2 aliphatic heterocycles. The van der Waals surface area contributed by atoms with Crippen LogP contribution in [0.25, 0.3) is 0 Å². The SMILES string of the molecule is CCC1COCCN1CC1CNc2ccccc2O1. The number of morpholine rings is 1. The molecule has 4 nitrogen and oxygen atoms in total. The third-order valence-electron chi connectivity index (χ3n) is 3.96. The van der Waals surface area contributed by atoms with Gasteiger partial charge in [-0.05, 0) is 18.6 Å². The van der Waals surface area contributed by atoms with Crippen LogP contribution in [0.5, 0.6) is 5.75 Å². The molecular weight excluding hydrogens is 240 g/mol. The Morgan fingerprint density at radius 3 is 3.16 bits per heavy atom. The molecule has 1 N–H and O–H groups in total. The normalized spacial score (nSPS) is 27.2. The van der Waals surface area contributed by atoms with Gasteiger partial charge in [-0.25, -0.2) is 0 Å². The van der Waals surface area contributed by atoms with Crippen LogP contribution in [0.2, 0.25) is 0 Å². The second-order valence-corrected chi connectivity index (χ2v) is 5.25. The van der Waals surface area contributed by atoms with Crippen LogP contribution in [0.4, 0.5) is 5.69 Å². The molecule has 4 heteroatoms. The van der Waals surface area contributed by atoms with Crippen molar-refractivity contribution in [3.8, 4) is 5.75 Å². The van der Waals surface area contributed by atoms with Gasteiger partial charge >= 0.3 is 0 Å². The number of benzene rings is 1. The molecule has 2 heterocycles. The zero-order valence-electron chi connectivity index (χ0n) is 11.5. The van der Waals surface area contributed by atoms with Crippen molar-refractivity contribution in [3.05, 3.63) is 24.3 Å². The minimum Gasteiger partial charge on any atom is -0.485 e. The highest BCUT2D eigenvalue weighted by atomic mass is 16.5. The summed E-state index contributed by atoms with van der Waals surface area (Å²) in [5.41, 5.74) is 1.10. The van der Waals surface area contributed by atoms with Crippen molar-refractivity contribution in [1.82, 2.24) is 4.90 Å². The highest BCUT2D eigenvalue weighted by molar-refractivity contribution is 5.57. The monoisotopic (exact) mass is 262 g/mol. The van der Waals surface area contributed by atoms with Crippen molar-refractivity contribution < 1.29 is 9.47 Å². The summed E-state index contributed by atoms with van der Waals surface area (Å²) in [6.07, 6.45) is 1.36. The molecule has 0 radical (unpaired) electrons. The molecule has 104 valence electrons. The predicted molar refractivity (Wildman–Crippen MR) is 75.8 cm³/mol. The molecule has 0 saturated carbocycles. The summed E-state index contributed by atoms with van der Waals surface area (Å²) in [7, 11) is 0. The maximum atomic E-state index is 6.08. The lowest BCUT2D eigenvalue weighted by Gasteiger charge is -2.38. The summed E-state index contributed by atoms with van der Waals surface area (Å²) in [5.74, 6) is 0.972. The van der Waals surface area contributed by atoms with Gasteiger partial charge in [0.15, 0.2) is 0 Å². The standard InChI is InChI=1S/C15H22N2O2/c1-2-12-11-18-8-7-17(12)10-13-9-16-14-5-3-4-6-15(14)19-13/h3-6,12-13,16H,2,7-11H2,1H3. The number of hydrogen-bond donors (Lipinski definition) is 1. The number of nitrogens with one attached hydrogen (secondary N) is 1. The molecule has 1 fully saturated rings. The van der Waals surface area contributed by atoms with E-state index in [9.17, 15) is 0 Å². The molecule has 1 saturated heterocycles. The van der Waals surface area contributed by atoms with E-state index in [1.54, 1.807) is 0 Å². The Hall–Kier alpha value is -1.26. The van der Waals surface area contributed by atoms with Gasteiger partial charge in [-0.1, -0.05) is 19.1 Å². The first-order chi connectivity index (χ1) is 9.36. The van der Waals surface area contributed by atoms with Gasteiger partial charge in [0.2, 0.25) is 0 Å². The van der Waals surface area contributed by atoms with Crippen molar-refractivity contribution >= 4 is 5.69 Å². The van der Waals surface area contributed by atoms with E-state index >= 15 is 0 Å². The Morgan fingerprint density at radius 1 is 1.37 bits per heavy atom. The van der Waals surface area contributed by atoms with E-state index in [0.29, 0.717) is 6.04 Å². The summed E-state index contributed by atoms with van der Waals surface area (Å²) < 4.78 is 11.6. The lowest BCUT2D eigenvalue weighted by molar-refractivity contribution is -0.0230. The highest BCUT2D eigenvalue weighted by Crippen LogP contribution is 2.28. The van der Waals surface area contributed by atoms with E-state index in [0.717, 1.165) is 50.7 Å². The molecule has 2 unspecified atom stereocenters. The summed E-state index contributed by atoms with van der Waals surface area (Å²) in [6.45, 7) is 6.79. The van der Waals surface area contributed by atoms with Crippen molar-refractivity contribution in [2.75, 3.05) is 38.2 Å². The number of rotatable bonds is 3. The van der Waals surface area contributed by atoms with Gasteiger partial charge in [0.05, 0.1) is 25.4 Å². The smallest absolute Gasteiger partial charge is 0.142 e.